The minimum atomic E-state index is -0.713. The number of halogens is 1. The topological polar surface area (TPSA) is 106 Å². The van der Waals surface area contributed by atoms with Gasteiger partial charge in [-0.25, -0.2) is 9.48 Å². The maximum atomic E-state index is 12.4. The molecule has 0 spiro atoms. The number of hydrogen-bond donors (Lipinski definition) is 1. The summed E-state index contributed by atoms with van der Waals surface area (Å²) in [5.41, 5.74) is 3.49. The number of para-hydroxylation sites is 1. The summed E-state index contributed by atoms with van der Waals surface area (Å²) < 4.78 is 12.0. The Bertz CT molecular complexity index is 1490. The maximum Gasteiger partial charge on any atom is 0.331 e. The summed E-state index contributed by atoms with van der Waals surface area (Å²) in [5.74, 6) is -0.601. The van der Waals surface area contributed by atoms with Gasteiger partial charge in [0.1, 0.15) is 11.8 Å². The molecule has 184 valence electrons. The first-order valence-electron chi connectivity index (χ1n) is 11.1. The first-order chi connectivity index (χ1) is 18.0. The minimum absolute atomic E-state index is 0.240. The van der Waals surface area contributed by atoms with Crippen molar-refractivity contribution in [1.82, 2.24) is 9.78 Å². The van der Waals surface area contributed by atoms with Gasteiger partial charge >= 0.3 is 5.97 Å². The molecule has 8 nitrogen and oxygen atoms in total. The van der Waals surface area contributed by atoms with Gasteiger partial charge in [0.15, 0.2) is 6.61 Å². The van der Waals surface area contributed by atoms with Gasteiger partial charge in [-0.1, -0.05) is 29.8 Å². The van der Waals surface area contributed by atoms with Crippen LogP contribution in [0.5, 0.6) is 5.75 Å². The third-order valence-corrected chi connectivity index (χ3v) is 5.48. The largest absolute Gasteiger partial charge is 0.497 e. The molecule has 3 aromatic carbocycles. The van der Waals surface area contributed by atoms with E-state index < -0.39 is 18.5 Å². The third-order valence-electron chi connectivity index (χ3n) is 5.25. The van der Waals surface area contributed by atoms with Crippen molar-refractivity contribution in [2.24, 2.45) is 0 Å². The lowest BCUT2D eigenvalue weighted by atomic mass is 10.1. The molecule has 0 saturated heterocycles. The van der Waals surface area contributed by atoms with Crippen LogP contribution in [0.25, 0.3) is 23.0 Å². The predicted octanol–water partition coefficient (Wildman–Crippen LogP) is 5.27. The van der Waals surface area contributed by atoms with Crippen LogP contribution < -0.4 is 10.1 Å². The molecule has 4 rings (SSSR count). The van der Waals surface area contributed by atoms with E-state index in [0.717, 1.165) is 11.3 Å². The quantitative estimate of drug-likeness (QED) is 0.255. The van der Waals surface area contributed by atoms with E-state index in [-0.39, 0.29) is 11.3 Å². The number of amides is 1. The fraction of sp³-hybridized carbons (Fsp3) is 0.0714. The van der Waals surface area contributed by atoms with Crippen LogP contribution in [0, 0.1) is 11.3 Å². The molecule has 0 saturated carbocycles. The van der Waals surface area contributed by atoms with Crippen molar-refractivity contribution in [3.63, 3.8) is 0 Å². The zero-order valence-electron chi connectivity index (χ0n) is 19.7. The van der Waals surface area contributed by atoms with E-state index in [1.54, 1.807) is 30.1 Å². The van der Waals surface area contributed by atoms with Crippen LogP contribution >= 0.6 is 11.6 Å². The van der Waals surface area contributed by atoms with E-state index in [2.05, 4.69) is 5.32 Å². The van der Waals surface area contributed by atoms with Gasteiger partial charge in [-0.3, -0.25) is 4.79 Å². The molecule has 0 bridgehead atoms. The number of nitrogens with zero attached hydrogens (tertiary/aromatic N) is 3. The smallest absolute Gasteiger partial charge is 0.331 e. The van der Waals surface area contributed by atoms with Crippen LogP contribution in [0.4, 0.5) is 5.69 Å². The number of ether oxygens (including phenoxy) is 2. The number of esters is 1. The number of aromatic nitrogens is 2. The molecule has 0 fully saturated rings. The molecule has 1 amide bonds. The van der Waals surface area contributed by atoms with E-state index in [9.17, 15) is 14.9 Å². The second kappa shape index (κ2) is 11.7. The van der Waals surface area contributed by atoms with Gasteiger partial charge in [0, 0.05) is 28.4 Å². The van der Waals surface area contributed by atoms with Gasteiger partial charge < -0.3 is 14.8 Å². The molecule has 4 aromatic rings. The molecule has 0 aliphatic heterocycles. The minimum Gasteiger partial charge on any atom is -0.497 e. The number of benzene rings is 3. The standard InChI is InChI=1S/C28H21ClN4O4/c1-36-24-12-8-19(9-13-24)28-21(17-33(32-28)23-5-3-2-4-6-23)10-14-27(35)37-18-26(34)31-25-15-22(29)11-7-20(25)16-30/h2-15,17H,18H2,1H3,(H,31,34)/b14-10+. The van der Waals surface area contributed by atoms with Gasteiger partial charge in [0.2, 0.25) is 0 Å². The summed E-state index contributed by atoms with van der Waals surface area (Å²) in [6.07, 6.45) is 4.61. The van der Waals surface area contributed by atoms with Crippen molar-refractivity contribution in [2.45, 2.75) is 0 Å². The van der Waals surface area contributed by atoms with Crippen LogP contribution in [0.1, 0.15) is 11.1 Å². The molecule has 1 N–H and O–H groups in total. The summed E-state index contributed by atoms with van der Waals surface area (Å²) in [7, 11) is 1.59. The summed E-state index contributed by atoms with van der Waals surface area (Å²) in [5, 5.41) is 16.8. The number of carbonyl (C=O) groups is 2. The Morgan fingerprint density at radius 3 is 2.57 bits per heavy atom. The van der Waals surface area contributed by atoms with Gasteiger partial charge in [-0.05, 0) is 60.7 Å². The molecule has 0 aliphatic carbocycles. The number of nitrogens with one attached hydrogen (secondary N) is 1. The fourth-order valence-electron chi connectivity index (χ4n) is 3.44. The van der Waals surface area contributed by atoms with E-state index in [0.29, 0.717) is 22.0 Å². The summed E-state index contributed by atoms with van der Waals surface area (Å²) in [6, 6.07) is 23.4. The SMILES string of the molecule is COc1ccc(-c2nn(-c3ccccc3)cc2/C=C/C(=O)OCC(=O)Nc2cc(Cl)ccc2C#N)cc1. The Hall–Kier alpha value is -4.87. The average Bonchev–Trinajstić information content (AvgIpc) is 3.36. The summed E-state index contributed by atoms with van der Waals surface area (Å²) in [4.78, 5) is 24.6. The zero-order valence-corrected chi connectivity index (χ0v) is 20.5. The Morgan fingerprint density at radius 1 is 1.11 bits per heavy atom. The zero-order chi connectivity index (χ0) is 26.2. The van der Waals surface area contributed by atoms with Crippen LogP contribution in [-0.4, -0.2) is 35.4 Å². The monoisotopic (exact) mass is 512 g/mol. The molecule has 0 atom stereocenters. The molecule has 0 aliphatic rings. The lowest BCUT2D eigenvalue weighted by Gasteiger charge is -2.07. The molecular weight excluding hydrogens is 492 g/mol. The first kappa shape index (κ1) is 25.2. The van der Waals surface area contributed by atoms with Crippen molar-refractivity contribution in [2.75, 3.05) is 19.0 Å². The van der Waals surface area contributed by atoms with E-state index in [4.69, 9.17) is 26.2 Å². The summed E-state index contributed by atoms with van der Waals surface area (Å²) >= 11 is 5.93. The lowest BCUT2D eigenvalue weighted by Crippen LogP contribution is -2.20. The predicted molar refractivity (Wildman–Crippen MR) is 140 cm³/mol. The maximum absolute atomic E-state index is 12.4. The highest BCUT2D eigenvalue weighted by molar-refractivity contribution is 6.31. The average molecular weight is 513 g/mol. The third kappa shape index (κ3) is 6.42. The summed E-state index contributed by atoms with van der Waals surface area (Å²) in [6.45, 7) is -0.533. The van der Waals surface area contributed by atoms with Gasteiger partial charge in [0.25, 0.3) is 5.91 Å². The number of methoxy groups -OCH3 is 1. The Labute approximate surface area is 218 Å². The van der Waals surface area contributed by atoms with Crippen molar-refractivity contribution >= 4 is 35.2 Å². The first-order valence-corrected chi connectivity index (χ1v) is 11.5. The Kier molecular flexibility index (Phi) is 7.98. The van der Waals surface area contributed by atoms with Crippen LogP contribution in [0.3, 0.4) is 0 Å². The lowest BCUT2D eigenvalue weighted by molar-refractivity contribution is -0.142. The Balaban J connectivity index is 1.48. The molecule has 0 radical (unpaired) electrons. The van der Waals surface area contributed by atoms with Crippen molar-refractivity contribution in [3.8, 4) is 28.8 Å². The van der Waals surface area contributed by atoms with Crippen LogP contribution in [0.15, 0.2) is 85.1 Å². The van der Waals surface area contributed by atoms with Gasteiger partial charge in [-0.15, -0.1) is 0 Å². The molecule has 1 heterocycles. The van der Waals surface area contributed by atoms with Crippen molar-refractivity contribution < 1.29 is 19.1 Å². The van der Waals surface area contributed by atoms with Crippen LogP contribution in [-0.2, 0) is 14.3 Å². The molecule has 1 aromatic heterocycles. The van der Waals surface area contributed by atoms with Gasteiger partial charge in [0.05, 0.1) is 29.7 Å². The highest BCUT2D eigenvalue weighted by Crippen LogP contribution is 2.27. The molecule has 9 heteroatoms. The van der Waals surface area contributed by atoms with Gasteiger partial charge in [-0.2, -0.15) is 10.4 Å². The highest BCUT2D eigenvalue weighted by Gasteiger charge is 2.13. The Morgan fingerprint density at radius 2 is 1.86 bits per heavy atom. The number of carbonyl (C=O) groups excluding carboxylic acids is 2. The second-order valence-corrected chi connectivity index (χ2v) is 8.17. The fourth-order valence-corrected chi connectivity index (χ4v) is 3.61. The second-order valence-electron chi connectivity index (χ2n) is 7.73. The normalized spacial score (nSPS) is 10.6. The van der Waals surface area contributed by atoms with E-state index in [1.165, 1.54) is 18.2 Å². The number of hydrogen-bond acceptors (Lipinski definition) is 6. The number of anilines is 1. The van der Waals surface area contributed by atoms with E-state index in [1.807, 2.05) is 60.7 Å². The number of nitriles is 1. The van der Waals surface area contributed by atoms with Crippen LogP contribution in [0.2, 0.25) is 5.02 Å². The molecule has 37 heavy (non-hydrogen) atoms. The van der Waals surface area contributed by atoms with E-state index >= 15 is 0 Å². The molecule has 0 unspecified atom stereocenters. The van der Waals surface area contributed by atoms with Crippen molar-refractivity contribution in [1.29, 1.82) is 5.26 Å². The highest BCUT2D eigenvalue weighted by atomic mass is 35.5. The van der Waals surface area contributed by atoms with Crippen molar-refractivity contribution in [3.05, 3.63) is 101 Å². The molecular formula is C28H21ClN4O4. The number of rotatable bonds is 8.